The summed E-state index contributed by atoms with van der Waals surface area (Å²) < 4.78 is 10.9. The fourth-order valence-electron chi connectivity index (χ4n) is 1.48. The van der Waals surface area contributed by atoms with Gasteiger partial charge in [-0.25, -0.2) is 0 Å². The molecule has 104 valence electrons. The van der Waals surface area contributed by atoms with E-state index in [2.05, 4.69) is 20.8 Å². The first-order valence-electron chi connectivity index (χ1n) is 5.97. The minimum Gasteiger partial charge on any atom is -0.459 e. The average Bonchev–Trinajstić information content (AvgIpc) is 2.17. The van der Waals surface area contributed by atoms with E-state index in [1.54, 1.807) is 6.92 Å². The Balaban J connectivity index is 0. The summed E-state index contributed by atoms with van der Waals surface area (Å²) in [5, 5.41) is 0. The van der Waals surface area contributed by atoms with E-state index < -0.39 is 6.04 Å². The molecule has 0 aromatic heterocycles. The summed E-state index contributed by atoms with van der Waals surface area (Å²) in [5.74, 6) is -0.0688. The highest BCUT2D eigenvalue weighted by Crippen LogP contribution is 2.14. The lowest BCUT2D eigenvalue weighted by molar-refractivity contribution is -0.159. The Labute approximate surface area is 111 Å². The first kappa shape index (κ1) is 19.0. The number of carbonyl (C=O) groups excluding carboxylic acids is 1. The van der Waals surface area contributed by atoms with Crippen LogP contribution in [0.15, 0.2) is 0 Å². The van der Waals surface area contributed by atoms with E-state index in [0.29, 0.717) is 12.5 Å². The Morgan fingerprint density at radius 2 is 1.76 bits per heavy atom. The molecule has 0 aromatic carbocycles. The summed E-state index contributed by atoms with van der Waals surface area (Å²) in [6.45, 7) is 10.3. The Morgan fingerprint density at radius 1 is 1.24 bits per heavy atom. The number of esters is 1. The molecule has 3 atom stereocenters. The predicted molar refractivity (Wildman–Crippen MR) is 71.3 cm³/mol. The van der Waals surface area contributed by atoms with Crippen molar-refractivity contribution in [3.8, 4) is 0 Å². The molecule has 0 heterocycles. The van der Waals surface area contributed by atoms with Crippen LogP contribution in [0.2, 0.25) is 0 Å². The molecule has 0 aliphatic carbocycles. The van der Waals surface area contributed by atoms with Crippen molar-refractivity contribution in [2.24, 2.45) is 11.7 Å². The van der Waals surface area contributed by atoms with E-state index in [4.69, 9.17) is 15.2 Å². The van der Waals surface area contributed by atoms with E-state index in [1.165, 1.54) is 0 Å². The van der Waals surface area contributed by atoms with E-state index >= 15 is 0 Å². The standard InChI is InChI=1S/C12H25NO3.ClH/c1-6-7-15-11(8(2)3)10(5)16-12(14)9(4)13;/h8-11H,6-7,13H2,1-5H3;1H/t9-,10-,11-;/m0./s1. The van der Waals surface area contributed by atoms with Crippen molar-refractivity contribution < 1.29 is 14.3 Å². The molecule has 0 radical (unpaired) electrons. The second-order valence-corrected chi connectivity index (χ2v) is 4.51. The van der Waals surface area contributed by atoms with Gasteiger partial charge < -0.3 is 15.2 Å². The highest BCUT2D eigenvalue weighted by atomic mass is 35.5. The van der Waals surface area contributed by atoms with Crippen LogP contribution in [0.4, 0.5) is 0 Å². The van der Waals surface area contributed by atoms with Gasteiger partial charge in [0.1, 0.15) is 12.1 Å². The van der Waals surface area contributed by atoms with Crippen LogP contribution < -0.4 is 5.73 Å². The highest BCUT2D eigenvalue weighted by molar-refractivity contribution is 5.85. The molecule has 0 unspecified atom stereocenters. The maximum absolute atomic E-state index is 11.4. The quantitative estimate of drug-likeness (QED) is 0.718. The van der Waals surface area contributed by atoms with Gasteiger partial charge in [0.15, 0.2) is 0 Å². The van der Waals surface area contributed by atoms with E-state index in [-0.39, 0.29) is 30.6 Å². The van der Waals surface area contributed by atoms with Crippen LogP contribution in [0.25, 0.3) is 0 Å². The van der Waals surface area contributed by atoms with Gasteiger partial charge >= 0.3 is 5.97 Å². The maximum Gasteiger partial charge on any atom is 0.322 e. The van der Waals surface area contributed by atoms with Crippen LogP contribution >= 0.6 is 12.4 Å². The first-order valence-corrected chi connectivity index (χ1v) is 5.97. The number of ether oxygens (including phenoxy) is 2. The molecule has 0 fully saturated rings. The van der Waals surface area contributed by atoms with Crippen LogP contribution in [-0.4, -0.2) is 30.8 Å². The molecule has 17 heavy (non-hydrogen) atoms. The minimum atomic E-state index is -0.582. The topological polar surface area (TPSA) is 61.5 Å². The number of hydrogen-bond acceptors (Lipinski definition) is 4. The number of rotatable bonds is 7. The first-order chi connectivity index (χ1) is 7.40. The lowest BCUT2D eigenvalue weighted by Gasteiger charge is -2.27. The molecular formula is C12H26ClNO3. The van der Waals surface area contributed by atoms with Crippen molar-refractivity contribution in [2.45, 2.75) is 59.3 Å². The minimum absolute atomic E-state index is 0. The van der Waals surface area contributed by atoms with E-state index in [9.17, 15) is 4.79 Å². The summed E-state index contributed by atoms with van der Waals surface area (Å²) in [4.78, 5) is 11.4. The lowest BCUT2D eigenvalue weighted by Crippen LogP contribution is -2.39. The monoisotopic (exact) mass is 267 g/mol. The zero-order chi connectivity index (χ0) is 12.7. The fraction of sp³-hybridized carbons (Fsp3) is 0.917. The SMILES string of the molecule is CCCO[C@@H](C(C)C)[C@H](C)OC(=O)[C@H](C)N.Cl. The molecule has 0 spiro atoms. The van der Waals surface area contributed by atoms with Crippen molar-refractivity contribution in [3.63, 3.8) is 0 Å². The van der Waals surface area contributed by atoms with Gasteiger partial charge in [-0.15, -0.1) is 12.4 Å². The number of carbonyl (C=O) groups is 1. The average molecular weight is 268 g/mol. The Bertz CT molecular complexity index is 210. The lowest BCUT2D eigenvalue weighted by atomic mass is 10.0. The highest BCUT2D eigenvalue weighted by Gasteiger charge is 2.25. The van der Waals surface area contributed by atoms with Crippen molar-refractivity contribution in [1.29, 1.82) is 0 Å². The predicted octanol–water partition coefficient (Wildman–Crippen LogP) is 2.14. The largest absolute Gasteiger partial charge is 0.459 e. The third kappa shape index (κ3) is 7.58. The van der Waals surface area contributed by atoms with Gasteiger partial charge in [0, 0.05) is 6.61 Å². The van der Waals surface area contributed by atoms with Crippen molar-refractivity contribution in [1.82, 2.24) is 0 Å². The van der Waals surface area contributed by atoms with Gasteiger partial charge in [-0.2, -0.15) is 0 Å². The van der Waals surface area contributed by atoms with Crippen LogP contribution in [0, 0.1) is 5.92 Å². The molecule has 0 saturated carbocycles. The zero-order valence-corrected chi connectivity index (χ0v) is 12.3. The number of nitrogens with two attached hydrogens (primary N) is 1. The number of halogens is 1. The van der Waals surface area contributed by atoms with Crippen LogP contribution in [-0.2, 0) is 14.3 Å². The van der Waals surface area contributed by atoms with Crippen molar-refractivity contribution >= 4 is 18.4 Å². The van der Waals surface area contributed by atoms with Crippen LogP contribution in [0.1, 0.15) is 41.0 Å². The zero-order valence-electron chi connectivity index (χ0n) is 11.4. The molecule has 0 rings (SSSR count). The molecule has 5 heteroatoms. The third-order valence-electron chi connectivity index (χ3n) is 2.31. The molecule has 0 bridgehead atoms. The van der Waals surface area contributed by atoms with Crippen molar-refractivity contribution in [3.05, 3.63) is 0 Å². The molecule has 0 saturated heterocycles. The third-order valence-corrected chi connectivity index (χ3v) is 2.31. The van der Waals surface area contributed by atoms with Gasteiger partial charge in [0.05, 0.1) is 6.10 Å². The fourth-order valence-corrected chi connectivity index (χ4v) is 1.48. The molecule has 0 aromatic rings. The van der Waals surface area contributed by atoms with Crippen LogP contribution in [0.3, 0.4) is 0 Å². The van der Waals surface area contributed by atoms with Crippen LogP contribution in [0.5, 0.6) is 0 Å². The summed E-state index contributed by atoms with van der Waals surface area (Å²) in [6.07, 6.45) is 0.629. The van der Waals surface area contributed by atoms with Gasteiger partial charge in [-0.05, 0) is 26.2 Å². The molecule has 2 N–H and O–H groups in total. The van der Waals surface area contributed by atoms with Crippen molar-refractivity contribution in [2.75, 3.05) is 6.61 Å². The van der Waals surface area contributed by atoms with E-state index in [0.717, 1.165) is 6.42 Å². The molecular weight excluding hydrogens is 242 g/mol. The summed E-state index contributed by atoms with van der Waals surface area (Å²) in [7, 11) is 0. The summed E-state index contributed by atoms with van der Waals surface area (Å²) in [6, 6.07) is -0.582. The molecule has 4 nitrogen and oxygen atoms in total. The van der Waals surface area contributed by atoms with Gasteiger partial charge in [0.2, 0.25) is 0 Å². The smallest absolute Gasteiger partial charge is 0.322 e. The molecule has 0 amide bonds. The number of hydrogen-bond donors (Lipinski definition) is 1. The van der Waals surface area contributed by atoms with Gasteiger partial charge in [-0.3, -0.25) is 4.79 Å². The Kier molecular flexibility index (Phi) is 10.8. The maximum atomic E-state index is 11.4. The molecule has 0 aliphatic heterocycles. The van der Waals surface area contributed by atoms with Gasteiger partial charge in [-0.1, -0.05) is 20.8 Å². The second kappa shape index (κ2) is 9.68. The van der Waals surface area contributed by atoms with E-state index in [1.807, 2.05) is 6.92 Å². The normalized spacial score (nSPS) is 15.9. The summed E-state index contributed by atoms with van der Waals surface area (Å²) in [5.41, 5.74) is 5.45. The Hall–Kier alpha value is -0.320. The summed E-state index contributed by atoms with van der Waals surface area (Å²) >= 11 is 0. The Morgan fingerprint density at radius 3 is 2.12 bits per heavy atom. The molecule has 0 aliphatic rings. The van der Waals surface area contributed by atoms with Gasteiger partial charge in [0.25, 0.3) is 0 Å². The second-order valence-electron chi connectivity index (χ2n) is 4.51.